The molecule has 0 fully saturated rings. The number of fused-ring (bicyclic) bond motifs is 1. The molecule has 3 aromatic rings. The van der Waals surface area contributed by atoms with E-state index < -0.39 is 61.0 Å². The molecule has 0 saturated heterocycles. The molecule has 0 aliphatic carbocycles. The average Bonchev–Trinajstić information content (AvgIpc) is 3.19. The molecule has 42 heavy (non-hydrogen) atoms. The molecule has 230 valence electrons. The van der Waals surface area contributed by atoms with Gasteiger partial charge in [-0.25, -0.2) is 13.8 Å². The van der Waals surface area contributed by atoms with Crippen LogP contribution in [0.25, 0.3) is 11.0 Å². The maximum Gasteiger partial charge on any atom is 0.405 e. The predicted octanol–water partition coefficient (Wildman–Crippen LogP) is 6.22. The van der Waals surface area contributed by atoms with Gasteiger partial charge in [0.25, 0.3) is 12.3 Å². The van der Waals surface area contributed by atoms with Gasteiger partial charge in [0, 0.05) is 31.1 Å². The number of hydrogen-bond donors (Lipinski definition) is 2. The Labute approximate surface area is 243 Å². The Bertz CT molecular complexity index is 1470. The van der Waals surface area contributed by atoms with E-state index in [4.69, 9.17) is 27.9 Å². The second kappa shape index (κ2) is 12.9. The smallest absolute Gasteiger partial charge is 0.405 e. The van der Waals surface area contributed by atoms with Crippen molar-refractivity contribution in [3.8, 4) is 5.75 Å². The van der Waals surface area contributed by atoms with Gasteiger partial charge in [0.2, 0.25) is 5.91 Å². The number of ether oxygens (including phenoxy) is 1. The van der Waals surface area contributed by atoms with Gasteiger partial charge in [0.1, 0.15) is 30.6 Å². The number of imidazole rings is 1. The van der Waals surface area contributed by atoms with Crippen molar-refractivity contribution in [2.45, 2.75) is 38.7 Å². The maximum atomic E-state index is 12.8. The van der Waals surface area contributed by atoms with Crippen LogP contribution >= 0.6 is 23.2 Å². The zero-order valence-electron chi connectivity index (χ0n) is 21.7. The number of carbonyl (C=O) groups is 2. The molecule has 1 unspecified atom stereocenters. The number of amides is 2. The van der Waals surface area contributed by atoms with Crippen LogP contribution < -0.4 is 15.4 Å². The molecule has 0 radical (unpaired) electrons. The number of aryl methyl sites for hydroxylation is 1. The molecule has 2 N–H and O–H groups in total. The molecule has 2 amide bonds. The fourth-order valence-corrected chi connectivity index (χ4v) is 4.31. The van der Waals surface area contributed by atoms with Crippen molar-refractivity contribution in [2.75, 3.05) is 13.2 Å². The second-order valence-electron chi connectivity index (χ2n) is 9.08. The number of benzene rings is 2. The highest BCUT2D eigenvalue weighted by Crippen LogP contribution is 2.33. The van der Waals surface area contributed by atoms with Gasteiger partial charge in [-0.2, -0.15) is 26.3 Å². The van der Waals surface area contributed by atoms with E-state index >= 15 is 0 Å². The molecule has 1 atom stereocenters. The number of alkyl halides is 8. The molecule has 1 aromatic heterocycles. The monoisotopic (exact) mass is 648 g/mol. The first kappa shape index (κ1) is 33.2. The molecule has 3 rings (SSSR count). The lowest BCUT2D eigenvalue weighted by Gasteiger charge is -2.17. The van der Waals surface area contributed by atoms with E-state index in [9.17, 15) is 44.7 Å². The first-order chi connectivity index (χ1) is 19.4. The average molecular weight is 649 g/mol. The Balaban J connectivity index is 1.95. The minimum Gasteiger partial charge on any atom is -0.487 e. The van der Waals surface area contributed by atoms with Gasteiger partial charge in [-0.3, -0.25) is 9.59 Å². The normalized spacial score (nSPS) is 13.0. The Hall–Kier alpha value is -3.33. The summed E-state index contributed by atoms with van der Waals surface area (Å²) in [6, 6.07) is 5.09. The largest absolute Gasteiger partial charge is 0.487 e. The summed E-state index contributed by atoms with van der Waals surface area (Å²) in [6.07, 6.45) is -12.5. The molecule has 0 aliphatic heterocycles. The number of carbonyl (C=O) groups excluding carboxylic acids is 2. The zero-order valence-corrected chi connectivity index (χ0v) is 23.2. The van der Waals surface area contributed by atoms with Crippen LogP contribution in [0.5, 0.6) is 5.75 Å². The van der Waals surface area contributed by atoms with Crippen LogP contribution in [-0.4, -0.2) is 53.3 Å². The Morgan fingerprint density at radius 1 is 1.07 bits per heavy atom. The van der Waals surface area contributed by atoms with E-state index in [2.05, 4.69) is 10.3 Å². The zero-order chi connectivity index (χ0) is 31.6. The predicted molar refractivity (Wildman–Crippen MR) is 137 cm³/mol. The summed E-state index contributed by atoms with van der Waals surface area (Å²) in [5.74, 6) is -4.89. The molecule has 7 nitrogen and oxygen atoms in total. The molecular weight excluding hydrogens is 627 g/mol. The van der Waals surface area contributed by atoms with Gasteiger partial charge < -0.3 is 19.9 Å². The van der Waals surface area contributed by atoms with Crippen LogP contribution in [0, 0.1) is 5.92 Å². The summed E-state index contributed by atoms with van der Waals surface area (Å²) >= 11 is 12.8. The molecule has 17 heteroatoms. The number of hydrogen-bond acceptors (Lipinski definition) is 4. The third kappa shape index (κ3) is 8.15. The van der Waals surface area contributed by atoms with Gasteiger partial charge in [-0.05, 0) is 30.2 Å². The third-order valence-corrected chi connectivity index (χ3v) is 6.90. The van der Waals surface area contributed by atoms with Crippen LogP contribution in [0.3, 0.4) is 0 Å². The summed E-state index contributed by atoms with van der Waals surface area (Å²) in [5.41, 5.74) is 0.441. The molecule has 0 bridgehead atoms. The summed E-state index contributed by atoms with van der Waals surface area (Å²) in [4.78, 5) is 28.7. The lowest BCUT2D eigenvalue weighted by molar-refractivity contribution is -0.179. The Morgan fingerprint density at radius 2 is 1.74 bits per heavy atom. The second-order valence-corrected chi connectivity index (χ2v) is 9.87. The minimum absolute atomic E-state index is 0.0303. The summed E-state index contributed by atoms with van der Waals surface area (Å²) in [7, 11) is 1.52. The van der Waals surface area contributed by atoms with E-state index in [-0.39, 0.29) is 51.0 Å². The van der Waals surface area contributed by atoms with Crippen molar-refractivity contribution in [1.29, 1.82) is 0 Å². The van der Waals surface area contributed by atoms with E-state index in [0.717, 1.165) is 6.07 Å². The van der Waals surface area contributed by atoms with Gasteiger partial charge in [-0.15, -0.1) is 0 Å². The highest BCUT2D eigenvalue weighted by molar-refractivity contribution is 6.36. The molecular formula is C25H22Cl2F8N4O3. The van der Waals surface area contributed by atoms with Crippen molar-refractivity contribution in [1.82, 2.24) is 20.2 Å². The van der Waals surface area contributed by atoms with Crippen molar-refractivity contribution < 1.29 is 49.4 Å². The number of rotatable bonds is 10. The first-order valence-corrected chi connectivity index (χ1v) is 12.7. The highest BCUT2D eigenvalue weighted by atomic mass is 35.5. The number of aromatic nitrogens is 2. The van der Waals surface area contributed by atoms with E-state index in [1.807, 2.05) is 0 Å². The first-order valence-electron chi connectivity index (χ1n) is 11.9. The van der Waals surface area contributed by atoms with Gasteiger partial charge in [-0.1, -0.05) is 29.3 Å². The van der Waals surface area contributed by atoms with Crippen LogP contribution in [0.15, 0.2) is 24.3 Å². The molecule has 0 saturated carbocycles. The lowest BCUT2D eigenvalue weighted by Crippen LogP contribution is -2.37. The fourth-order valence-electron chi connectivity index (χ4n) is 3.74. The molecule has 0 spiro atoms. The van der Waals surface area contributed by atoms with E-state index in [1.165, 1.54) is 29.8 Å². The third-order valence-electron chi connectivity index (χ3n) is 6.07. The topological polar surface area (TPSA) is 85.2 Å². The molecule has 1 heterocycles. The SMILES string of the molecule is CC(C(=O)NCc1ccc(Cl)c(Cc2nc3cc(C(=O)NCC(F)(F)F)c(OCC(F)F)cc3n2C)c1Cl)C(F)(F)F. The number of nitrogens with one attached hydrogen (secondary N) is 2. The van der Waals surface area contributed by atoms with Gasteiger partial charge in [0.15, 0.2) is 0 Å². The van der Waals surface area contributed by atoms with Crippen LogP contribution in [0.4, 0.5) is 35.1 Å². The summed E-state index contributed by atoms with van der Waals surface area (Å²) in [5, 5.41) is 4.01. The van der Waals surface area contributed by atoms with E-state index in [0.29, 0.717) is 6.92 Å². The maximum absolute atomic E-state index is 12.8. The number of halogens is 10. The minimum atomic E-state index is -4.73. The lowest BCUT2D eigenvalue weighted by atomic mass is 10.1. The standard InChI is InChI=1S/C25H22Cl2F8N4O3/c1-11(25(33,34)35)22(40)36-8-12-3-4-15(26)13(21(12)27)6-20-38-16-5-14(23(41)37-10-24(30,31)32)18(42-9-19(28)29)7-17(16)39(20)2/h3-5,7,11,19H,6,8-10H2,1-2H3,(H,36,40)(H,37,41). The van der Waals surface area contributed by atoms with E-state index in [1.54, 1.807) is 5.32 Å². The number of nitrogens with zero attached hydrogens (tertiary/aromatic N) is 2. The van der Waals surface area contributed by atoms with Crippen molar-refractivity contribution in [2.24, 2.45) is 13.0 Å². The Morgan fingerprint density at radius 3 is 2.33 bits per heavy atom. The Kier molecular flexibility index (Phi) is 10.2. The van der Waals surface area contributed by atoms with Gasteiger partial charge >= 0.3 is 12.4 Å². The van der Waals surface area contributed by atoms with Crippen molar-refractivity contribution >= 4 is 46.0 Å². The van der Waals surface area contributed by atoms with Crippen molar-refractivity contribution in [3.63, 3.8) is 0 Å². The molecule has 0 aliphatic rings. The highest BCUT2D eigenvalue weighted by Gasteiger charge is 2.41. The van der Waals surface area contributed by atoms with Crippen LogP contribution in [-0.2, 0) is 24.8 Å². The summed E-state index contributed by atoms with van der Waals surface area (Å²) < 4.78 is 108. The van der Waals surface area contributed by atoms with Crippen molar-refractivity contribution in [3.05, 3.63) is 56.8 Å². The van der Waals surface area contributed by atoms with Crippen LogP contribution in [0.1, 0.15) is 34.2 Å². The quantitative estimate of drug-likeness (QED) is 0.256. The fraction of sp³-hybridized carbons (Fsp3) is 0.400. The molecule has 2 aromatic carbocycles. The summed E-state index contributed by atoms with van der Waals surface area (Å²) in [6.45, 7) is -2.43. The van der Waals surface area contributed by atoms with Crippen LogP contribution in [0.2, 0.25) is 10.0 Å². The van der Waals surface area contributed by atoms with Gasteiger partial charge in [0.05, 0.1) is 21.6 Å².